The molecule has 1 N–H and O–H groups in total. The molecule has 21 heavy (non-hydrogen) atoms. The molecule has 0 saturated carbocycles. The number of ether oxygens (including phenoxy) is 2. The SMILES string of the molecule is COc1cc(C(C)O)ccc1OCc1cc(C)cc(C)c1. The number of aliphatic hydroxyl groups is 1. The van der Waals surface area contributed by atoms with Gasteiger partial charge in [0, 0.05) is 0 Å². The molecule has 1 atom stereocenters. The summed E-state index contributed by atoms with van der Waals surface area (Å²) in [5, 5.41) is 9.61. The monoisotopic (exact) mass is 286 g/mol. The molecule has 0 amide bonds. The normalized spacial score (nSPS) is 12.0. The number of methoxy groups -OCH3 is 1. The van der Waals surface area contributed by atoms with Crippen LogP contribution in [0, 0.1) is 13.8 Å². The molecule has 2 aromatic rings. The van der Waals surface area contributed by atoms with Crippen molar-refractivity contribution in [2.75, 3.05) is 7.11 Å². The highest BCUT2D eigenvalue weighted by molar-refractivity contribution is 5.43. The fourth-order valence-corrected chi connectivity index (χ4v) is 2.38. The molecule has 112 valence electrons. The predicted octanol–water partition coefficient (Wildman–Crippen LogP) is 3.94. The van der Waals surface area contributed by atoms with E-state index >= 15 is 0 Å². The maximum atomic E-state index is 9.61. The third kappa shape index (κ3) is 3.99. The van der Waals surface area contributed by atoms with E-state index < -0.39 is 6.10 Å². The Bertz CT molecular complexity index is 598. The summed E-state index contributed by atoms with van der Waals surface area (Å²) in [5.41, 5.74) is 4.40. The first-order chi connectivity index (χ1) is 9.99. The first-order valence-corrected chi connectivity index (χ1v) is 7.05. The molecule has 0 aliphatic carbocycles. The van der Waals surface area contributed by atoms with Crippen molar-refractivity contribution in [2.24, 2.45) is 0 Å². The summed E-state index contributed by atoms with van der Waals surface area (Å²) < 4.78 is 11.2. The summed E-state index contributed by atoms with van der Waals surface area (Å²) in [7, 11) is 1.60. The lowest BCUT2D eigenvalue weighted by Gasteiger charge is -2.14. The standard InChI is InChI=1S/C18H22O3/c1-12-7-13(2)9-15(8-12)11-21-17-6-5-16(14(3)19)10-18(17)20-4/h5-10,14,19H,11H2,1-4H3. The molecule has 1 unspecified atom stereocenters. The summed E-state index contributed by atoms with van der Waals surface area (Å²) in [6.45, 7) is 6.38. The highest BCUT2D eigenvalue weighted by atomic mass is 16.5. The van der Waals surface area contributed by atoms with Gasteiger partial charge in [0.1, 0.15) is 6.61 Å². The van der Waals surface area contributed by atoms with E-state index in [-0.39, 0.29) is 0 Å². The largest absolute Gasteiger partial charge is 0.493 e. The zero-order chi connectivity index (χ0) is 15.4. The molecule has 0 fully saturated rings. The quantitative estimate of drug-likeness (QED) is 0.904. The van der Waals surface area contributed by atoms with Gasteiger partial charge in [0.2, 0.25) is 0 Å². The van der Waals surface area contributed by atoms with Crippen molar-refractivity contribution >= 4 is 0 Å². The van der Waals surface area contributed by atoms with Crippen LogP contribution < -0.4 is 9.47 Å². The van der Waals surface area contributed by atoms with E-state index in [9.17, 15) is 5.11 Å². The predicted molar refractivity (Wildman–Crippen MR) is 83.9 cm³/mol. The Labute approximate surface area is 126 Å². The van der Waals surface area contributed by atoms with Crippen LogP contribution in [0.2, 0.25) is 0 Å². The highest BCUT2D eigenvalue weighted by Crippen LogP contribution is 2.31. The summed E-state index contributed by atoms with van der Waals surface area (Å²) in [6.07, 6.45) is -0.521. The number of aryl methyl sites for hydroxylation is 2. The van der Waals surface area contributed by atoms with E-state index in [1.807, 2.05) is 18.2 Å². The van der Waals surface area contributed by atoms with Gasteiger partial charge in [-0.2, -0.15) is 0 Å². The Morgan fingerprint density at radius 2 is 1.67 bits per heavy atom. The number of benzene rings is 2. The van der Waals surface area contributed by atoms with Gasteiger partial charge in [0.15, 0.2) is 11.5 Å². The van der Waals surface area contributed by atoms with Crippen molar-refractivity contribution in [1.82, 2.24) is 0 Å². The van der Waals surface area contributed by atoms with Gasteiger partial charge in [-0.25, -0.2) is 0 Å². The molecule has 0 heterocycles. The van der Waals surface area contributed by atoms with Crippen LogP contribution in [0.1, 0.15) is 35.3 Å². The van der Waals surface area contributed by atoms with E-state index in [1.54, 1.807) is 14.0 Å². The number of hydrogen-bond donors (Lipinski definition) is 1. The molecule has 0 aliphatic rings. The van der Waals surface area contributed by atoms with Gasteiger partial charge in [-0.05, 0) is 44.0 Å². The molecule has 0 bridgehead atoms. The number of hydrogen-bond acceptors (Lipinski definition) is 3. The first kappa shape index (κ1) is 15.4. The minimum Gasteiger partial charge on any atom is -0.493 e. The molecule has 2 aromatic carbocycles. The highest BCUT2D eigenvalue weighted by Gasteiger charge is 2.09. The molecule has 3 nitrogen and oxygen atoms in total. The van der Waals surface area contributed by atoms with Crippen LogP contribution in [-0.2, 0) is 6.61 Å². The maximum Gasteiger partial charge on any atom is 0.161 e. The van der Waals surface area contributed by atoms with E-state index in [0.717, 1.165) is 11.1 Å². The Hall–Kier alpha value is -2.00. The number of aliphatic hydroxyl groups excluding tert-OH is 1. The van der Waals surface area contributed by atoms with Crippen molar-refractivity contribution in [2.45, 2.75) is 33.5 Å². The van der Waals surface area contributed by atoms with E-state index in [2.05, 4.69) is 32.0 Å². The average Bonchev–Trinajstić information content (AvgIpc) is 2.43. The lowest BCUT2D eigenvalue weighted by atomic mass is 10.1. The van der Waals surface area contributed by atoms with Gasteiger partial charge < -0.3 is 14.6 Å². The third-order valence-corrected chi connectivity index (χ3v) is 3.35. The Morgan fingerprint density at radius 3 is 2.24 bits per heavy atom. The smallest absolute Gasteiger partial charge is 0.161 e. The molecule has 0 spiro atoms. The van der Waals surface area contributed by atoms with Gasteiger partial charge in [-0.15, -0.1) is 0 Å². The van der Waals surface area contributed by atoms with E-state index in [4.69, 9.17) is 9.47 Å². The second-order valence-corrected chi connectivity index (χ2v) is 5.37. The molecule has 0 saturated heterocycles. The lowest BCUT2D eigenvalue weighted by Crippen LogP contribution is -2.00. The van der Waals surface area contributed by atoms with Crippen molar-refractivity contribution in [3.8, 4) is 11.5 Å². The summed E-state index contributed by atoms with van der Waals surface area (Å²) in [5.74, 6) is 1.32. The Kier molecular flexibility index (Phi) is 4.86. The van der Waals surface area contributed by atoms with Gasteiger partial charge >= 0.3 is 0 Å². The average molecular weight is 286 g/mol. The second kappa shape index (κ2) is 6.64. The van der Waals surface area contributed by atoms with Gasteiger partial charge in [-0.3, -0.25) is 0 Å². The second-order valence-electron chi connectivity index (χ2n) is 5.37. The lowest BCUT2D eigenvalue weighted by molar-refractivity contribution is 0.198. The minimum atomic E-state index is -0.521. The Morgan fingerprint density at radius 1 is 1.00 bits per heavy atom. The summed E-state index contributed by atoms with van der Waals surface area (Å²) in [6, 6.07) is 11.9. The molecule has 3 heteroatoms. The van der Waals surface area contributed by atoms with E-state index in [0.29, 0.717) is 18.1 Å². The fraction of sp³-hybridized carbons (Fsp3) is 0.333. The summed E-state index contributed by atoms with van der Waals surface area (Å²) >= 11 is 0. The van der Waals surface area contributed by atoms with Crippen LogP contribution in [0.15, 0.2) is 36.4 Å². The van der Waals surface area contributed by atoms with Gasteiger partial charge in [0.25, 0.3) is 0 Å². The Balaban J connectivity index is 2.15. The zero-order valence-electron chi connectivity index (χ0n) is 13.0. The third-order valence-electron chi connectivity index (χ3n) is 3.35. The van der Waals surface area contributed by atoms with E-state index in [1.165, 1.54) is 11.1 Å². The van der Waals surface area contributed by atoms with Crippen LogP contribution in [-0.4, -0.2) is 12.2 Å². The molecule has 2 rings (SSSR count). The van der Waals surface area contributed by atoms with Gasteiger partial charge in [0.05, 0.1) is 13.2 Å². The molecule has 0 aliphatic heterocycles. The van der Waals surface area contributed by atoms with Crippen LogP contribution in [0.5, 0.6) is 11.5 Å². The maximum absolute atomic E-state index is 9.61. The minimum absolute atomic E-state index is 0.493. The fourth-order valence-electron chi connectivity index (χ4n) is 2.38. The first-order valence-electron chi connectivity index (χ1n) is 7.05. The topological polar surface area (TPSA) is 38.7 Å². The van der Waals surface area contributed by atoms with Crippen molar-refractivity contribution in [3.05, 3.63) is 58.7 Å². The zero-order valence-corrected chi connectivity index (χ0v) is 13.0. The van der Waals surface area contributed by atoms with Crippen molar-refractivity contribution in [1.29, 1.82) is 0 Å². The molecule has 0 aromatic heterocycles. The molecular formula is C18H22O3. The van der Waals surface area contributed by atoms with Crippen LogP contribution in [0.3, 0.4) is 0 Å². The van der Waals surface area contributed by atoms with Gasteiger partial charge in [-0.1, -0.05) is 35.4 Å². The van der Waals surface area contributed by atoms with Crippen molar-refractivity contribution in [3.63, 3.8) is 0 Å². The van der Waals surface area contributed by atoms with Crippen LogP contribution in [0.4, 0.5) is 0 Å². The number of rotatable bonds is 5. The van der Waals surface area contributed by atoms with Crippen molar-refractivity contribution < 1.29 is 14.6 Å². The van der Waals surface area contributed by atoms with Crippen LogP contribution in [0.25, 0.3) is 0 Å². The van der Waals surface area contributed by atoms with Crippen LogP contribution >= 0.6 is 0 Å². The molecular weight excluding hydrogens is 264 g/mol. The molecule has 0 radical (unpaired) electrons. The summed E-state index contributed by atoms with van der Waals surface area (Å²) in [4.78, 5) is 0.